The molecule has 16 heavy (non-hydrogen) atoms. The van der Waals surface area contributed by atoms with Crippen molar-refractivity contribution >= 4 is 17.6 Å². The number of carbonyl (C=O) groups is 3. The van der Waals surface area contributed by atoms with Crippen LogP contribution in [0.25, 0.3) is 0 Å². The van der Waals surface area contributed by atoms with Crippen LogP contribution in [-0.4, -0.2) is 42.8 Å². The lowest BCUT2D eigenvalue weighted by Gasteiger charge is -2.15. The van der Waals surface area contributed by atoms with E-state index < -0.39 is 0 Å². The number of rotatable bonds is 5. The Labute approximate surface area is 94.7 Å². The summed E-state index contributed by atoms with van der Waals surface area (Å²) in [4.78, 5) is 35.7. The summed E-state index contributed by atoms with van der Waals surface area (Å²) in [5, 5.41) is 0. The molecule has 5 heteroatoms. The molecule has 0 aliphatic carbocycles. The number of hydrogen-bond donors (Lipinski definition) is 0. The summed E-state index contributed by atoms with van der Waals surface area (Å²) >= 11 is 0. The minimum Gasteiger partial charge on any atom is -0.377 e. The van der Waals surface area contributed by atoms with Gasteiger partial charge in [0.2, 0.25) is 11.8 Å². The molecule has 0 aromatic rings. The second-order valence-electron chi connectivity index (χ2n) is 4.34. The number of ether oxygens (including phenoxy) is 1. The Morgan fingerprint density at radius 1 is 1.50 bits per heavy atom. The zero-order valence-electron chi connectivity index (χ0n) is 9.86. The van der Waals surface area contributed by atoms with E-state index in [0.29, 0.717) is 0 Å². The van der Waals surface area contributed by atoms with Crippen LogP contribution < -0.4 is 0 Å². The summed E-state index contributed by atoms with van der Waals surface area (Å²) in [7, 11) is 1.41. The topological polar surface area (TPSA) is 63.7 Å². The molecule has 0 radical (unpaired) electrons. The Balaban J connectivity index is 2.64. The fraction of sp³-hybridized carbons (Fsp3) is 0.727. The van der Waals surface area contributed by atoms with Crippen molar-refractivity contribution in [2.45, 2.75) is 20.3 Å². The monoisotopic (exact) mass is 227 g/mol. The van der Waals surface area contributed by atoms with Crippen molar-refractivity contribution < 1.29 is 19.1 Å². The minimum absolute atomic E-state index is 0.0661. The molecule has 0 aromatic carbocycles. The fourth-order valence-electron chi connectivity index (χ4n) is 1.78. The normalized spacial score (nSPS) is 21.0. The molecule has 0 saturated carbocycles. The van der Waals surface area contributed by atoms with E-state index in [1.165, 1.54) is 7.11 Å². The number of methoxy groups -OCH3 is 1. The number of imide groups is 1. The Bertz CT molecular complexity index is 311. The number of amides is 2. The van der Waals surface area contributed by atoms with Gasteiger partial charge < -0.3 is 4.74 Å². The number of nitrogens with zero attached hydrogens (tertiary/aromatic N) is 1. The molecular weight excluding hydrogens is 210 g/mol. The first-order chi connectivity index (χ1) is 7.47. The zero-order chi connectivity index (χ0) is 12.3. The first kappa shape index (κ1) is 12.8. The summed E-state index contributed by atoms with van der Waals surface area (Å²) < 4.78 is 4.66. The first-order valence-electron chi connectivity index (χ1n) is 5.32. The van der Waals surface area contributed by atoms with Gasteiger partial charge in [-0.25, -0.2) is 0 Å². The molecule has 1 rings (SSSR count). The van der Waals surface area contributed by atoms with Gasteiger partial charge in [-0.3, -0.25) is 19.3 Å². The van der Waals surface area contributed by atoms with E-state index in [0.717, 1.165) is 4.90 Å². The first-order valence-corrected chi connectivity index (χ1v) is 5.32. The van der Waals surface area contributed by atoms with Crippen LogP contribution in [0.1, 0.15) is 20.3 Å². The summed E-state index contributed by atoms with van der Waals surface area (Å²) in [6.07, 6.45) is 0.219. The molecule has 1 unspecified atom stereocenters. The van der Waals surface area contributed by atoms with Crippen molar-refractivity contribution in [1.29, 1.82) is 0 Å². The van der Waals surface area contributed by atoms with Gasteiger partial charge in [-0.1, -0.05) is 13.8 Å². The third-order valence-corrected chi connectivity index (χ3v) is 2.72. The fourth-order valence-corrected chi connectivity index (χ4v) is 1.78. The quantitative estimate of drug-likeness (QED) is 0.631. The summed E-state index contributed by atoms with van der Waals surface area (Å²) in [5.74, 6) is -0.895. The summed E-state index contributed by atoms with van der Waals surface area (Å²) in [6.45, 7) is 3.57. The van der Waals surface area contributed by atoms with E-state index >= 15 is 0 Å². The Hall–Kier alpha value is -1.23. The lowest BCUT2D eigenvalue weighted by atomic mass is 9.94. The van der Waals surface area contributed by atoms with Crippen LogP contribution in [0, 0.1) is 11.8 Å². The molecule has 2 amide bonds. The van der Waals surface area contributed by atoms with Crippen LogP contribution in [-0.2, 0) is 19.1 Å². The van der Waals surface area contributed by atoms with Gasteiger partial charge in [-0.15, -0.1) is 0 Å². The lowest BCUT2D eigenvalue weighted by Crippen LogP contribution is -2.37. The number of Topliss-reactive ketones (excluding diaryl/α,β-unsaturated/α-hetero) is 1. The van der Waals surface area contributed by atoms with Gasteiger partial charge in [0, 0.05) is 19.4 Å². The molecule has 1 heterocycles. The van der Waals surface area contributed by atoms with Crippen molar-refractivity contribution in [3.63, 3.8) is 0 Å². The second kappa shape index (κ2) is 5.21. The predicted molar refractivity (Wildman–Crippen MR) is 56.5 cm³/mol. The number of hydrogen-bond acceptors (Lipinski definition) is 4. The van der Waals surface area contributed by atoms with E-state index in [4.69, 9.17) is 0 Å². The highest BCUT2D eigenvalue weighted by Gasteiger charge is 2.40. The molecule has 1 saturated heterocycles. The third-order valence-electron chi connectivity index (χ3n) is 2.72. The average molecular weight is 227 g/mol. The number of ketones is 1. The maximum absolute atomic E-state index is 11.8. The minimum atomic E-state index is -0.275. The summed E-state index contributed by atoms with van der Waals surface area (Å²) in [5.41, 5.74) is 0. The summed E-state index contributed by atoms with van der Waals surface area (Å²) in [6, 6.07) is 0. The highest BCUT2D eigenvalue weighted by atomic mass is 16.5. The van der Waals surface area contributed by atoms with Crippen LogP contribution in [0.15, 0.2) is 0 Å². The van der Waals surface area contributed by atoms with E-state index in [-0.39, 0.29) is 49.0 Å². The average Bonchev–Trinajstić information content (AvgIpc) is 2.46. The molecule has 90 valence electrons. The molecule has 0 bridgehead atoms. The van der Waals surface area contributed by atoms with Crippen molar-refractivity contribution in [2.24, 2.45) is 11.8 Å². The SMILES string of the molecule is COCC(=O)CN1C(=O)CC(C(C)C)C1=O. The highest BCUT2D eigenvalue weighted by molar-refractivity contribution is 6.06. The molecule has 0 spiro atoms. The van der Waals surface area contributed by atoms with E-state index in [9.17, 15) is 14.4 Å². The van der Waals surface area contributed by atoms with Gasteiger partial charge in [-0.2, -0.15) is 0 Å². The van der Waals surface area contributed by atoms with E-state index in [1.54, 1.807) is 0 Å². The molecule has 1 aliphatic rings. The third kappa shape index (κ3) is 2.66. The van der Waals surface area contributed by atoms with Crippen molar-refractivity contribution in [3.8, 4) is 0 Å². The Morgan fingerprint density at radius 3 is 2.56 bits per heavy atom. The predicted octanol–water partition coefficient (Wildman–Crippen LogP) is 0.233. The molecule has 1 fully saturated rings. The van der Waals surface area contributed by atoms with Crippen molar-refractivity contribution in [2.75, 3.05) is 20.3 Å². The van der Waals surface area contributed by atoms with Crippen LogP contribution in [0.3, 0.4) is 0 Å². The van der Waals surface area contributed by atoms with Gasteiger partial charge in [-0.05, 0) is 5.92 Å². The van der Waals surface area contributed by atoms with Crippen LogP contribution in [0.2, 0.25) is 0 Å². The Morgan fingerprint density at radius 2 is 2.12 bits per heavy atom. The van der Waals surface area contributed by atoms with Gasteiger partial charge in [0.25, 0.3) is 0 Å². The maximum atomic E-state index is 11.8. The van der Waals surface area contributed by atoms with Crippen molar-refractivity contribution in [1.82, 2.24) is 4.90 Å². The molecule has 5 nitrogen and oxygen atoms in total. The molecule has 0 N–H and O–H groups in total. The van der Waals surface area contributed by atoms with Gasteiger partial charge >= 0.3 is 0 Å². The number of likely N-dealkylation sites (tertiary alicyclic amines) is 1. The highest BCUT2D eigenvalue weighted by Crippen LogP contribution is 2.25. The van der Waals surface area contributed by atoms with Crippen LogP contribution >= 0.6 is 0 Å². The Kier molecular flexibility index (Phi) is 4.18. The maximum Gasteiger partial charge on any atom is 0.233 e. The number of carbonyl (C=O) groups excluding carboxylic acids is 3. The van der Waals surface area contributed by atoms with Crippen LogP contribution in [0.4, 0.5) is 0 Å². The standard InChI is InChI=1S/C11H17NO4/c1-7(2)9-4-10(14)12(11(9)15)5-8(13)6-16-3/h7,9H,4-6H2,1-3H3. The zero-order valence-corrected chi connectivity index (χ0v) is 9.86. The molecule has 0 aromatic heterocycles. The lowest BCUT2D eigenvalue weighted by molar-refractivity contribution is -0.143. The van der Waals surface area contributed by atoms with Gasteiger partial charge in [0.15, 0.2) is 5.78 Å². The largest absolute Gasteiger partial charge is 0.377 e. The van der Waals surface area contributed by atoms with Gasteiger partial charge in [0.05, 0.1) is 6.54 Å². The van der Waals surface area contributed by atoms with Crippen LogP contribution in [0.5, 0.6) is 0 Å². The molecular formula is C11H17NO4. The second-order valence-corrected chi connectivity index (χ2v) is 4.34. The van der Waals surface area contributed by atoms with Gasteiger partial charge in [0.1, 0.15) is 6.61 Å². The molecule has 1 aliphatic heterocycles. The van der Waals surface area contributed by atoms with E-state index in [1.807, 2.05) is 13.8 Å². The smallest absolute Gasteiger partial charge is 0.233 e. The van der Waals surface area contributed by atoms with E-state index in [2.05, 4.69) is 4.74 Å². The van der Waals surface area contributed by atoms with Crippen molar-refractivity contribution in [3.05, 3.63) is 0 Å². The molecule has 1 atom stereocenters.